The van der Waals surface area contributed by atoms with Crippen molar-refractivity contribution in [3.63, 3.8) is 0 Å². The van der Waals surface area contributed by atoms with Crippen LogP contribution in [0.4, 0.5) is 0 Å². The Kier molecular flexibility index (Phi) is 4.80. The average Bonchev–Trinajstić information content (AvgIpc) is 2.25. The number of rotatable bonds is 6. The van der Waals surface area contributed by atoms with Crippen molar-refractivity contribution in [3.05, 3.63) is 35.9 Å². The molecule has 1 aromatic rings. The smallest absolute Gasteiger partial charge is 0.246 e. The van der Waals surface area contributed by atoms with Gasteiger partial charge in [0.25, 0.3) is 0 Å². The summed E-state index contributed by atoms with van der Waals surface area (Å²) in [7, 11) is 0. The van der Waals surface area contributed by atoms with E-state index in [0.29, 0.717) is 6.61 Å². The van der Waals surface area contributed by atoms with Crippen LogP contribution in [0.5, 0.6) is 0 Å². The third kappa shape index (κ3) is 4.10. The largest absolute Gasteiger partial charge is 0.396 e. The predicted molar refractivity (Wildman–Crippen MR) is 55.9 cm³/mol. The average molecular weight is 209 g/mol. The van der Waals surface area contributed by atoms with Crippen LogP contribution in [0.25, 0.3) is 0 Å². The number of primary amides is 1. The van der Waals surface area contributed by atoms with Gasteiger partial charge in [0.05, 0.1) is 6.61 Å². The highest BCUT2D eigenvalue weighted by Gasteiger charge is 2.14. The zero-order valence-electron chi connectivity index (χ0n) is 8.43. The van der Waals surface area contributed by atoms with E-state index in [1.807, 2.05) is 30.3 Å². The maximum Gasteiger partial charge on any atom is 0.246 e. The lowest BCUT2D eigenvalue weighted by atomic mass is 10.2. The molecule has 1 aromatic carbocycles. The second kappa shape index (κ2) is 6.16. The van der Waals surface area contributed by atoms with E-state index in [4.69, 9.17) is 15.6 Å². The molecular formula is C11H15NO3. The number of hydrogen-bond donors (Lipinski definition) is 2. The minimum absolute atomic E-state index is 0.109. The number of nitrogens with two attached hydrogens (primary N) is 1. The molecule has 0 aliphatic rings. The van der Waals surface area contributed by atoms with Crippen LogP contribution < -0.4 is 5.73 Å². The fourth-order valence-electron chi connectivity index (χ4n) is 1.20. The molecule has 0 bridgehead atoms. The van der Waals surface area contributed by atoms with Crippen LogP contribution in [0.15, 0.2) is 30.3 Å². The lowest BCUT2D eigenvalue weighted by Gasteiger charge is -2.13. The highest BCUT2D eigenvalue weighted by Crippen LogP contribution is 2.05. The fraction of sp³-hybridized carbons (Fsp3) is 0.364. The lowest BCUT2D eigenvalue weighted by Crippen LogP contribution is -2.31. The third-order valence-electron chi connectivity index (χ3n) is 2.00. The number of carbonyl (C=O) groups excluding carboxylic acids is 1. The van der Waals surface area contributed by atoms with Gasteiger partial charge in [0.15, 0.2) is 0 Å². The van der Waals surface area contributed by atoms with Crippen molar-refractivity contribution < 1.29 is 14.6 Å². The van der Waals surface area contributed by atoms with Crippen LogP contribution in [0, 0.1) is 0 Å². The first kappa shape index (κ1) is 11.7. The summed E-state index contributed by atoms with van der Waals surface area (Å²) in [6, 6.07) is 9.49. The van der Waals surface area contributed by atoms with E-state index in [-0.39, 0.29) is 13.0 Å². The van der Waals surface area contributed by atoms with Crippen LogP contribution in [0.3, 0.4) is 0 Å². The fourth-order valence-corrected chi connectivity index (χ4v) is 1.20. The monoisotopic (exact) mass is 209 g/mol. The molecule has 82 valence electrons. The molecule has 1 atom stereocenters. The Bertz CT molecular complexity index is 300. The van der Waals surface area contributed by atoms with E-state index in [2.05, 4.69) is 0 Å². The number of carbonyl (C=O) groups is 1. The molecule has 1 unspecified atom stereocenters. The standard InChI is InChI=1S/C11H15NO3/c12-11(14)10(6-7-13)15-8-9-4-2-1-3-5-9/h1-5,10,13H,6-8H2,(H2,12,14). The van der Waals surface area contributed by atoms with Gasteiger partial charge >= 0.3 is 0 Å². The van der Waals surface area contributed by atoms with Crippen LogP contribution in [-0.4, -0.2) is 23.7 Å². The Morgan fingerprint density at radius 1 is 1.40 bits per heavy atom. The predicted octanol–water partition coefficient (Wildman–Crippen LogP) is 0.439. The number of aliphatic hydroxyl groups excluding tert-OH is 1. The Hall–Kier alpha value is -1.39. The molecule has 4 heteroatoms. The van der Waals surface area contributed by atoms with E-state index < -0.39 is 12.0 Å². The van der Waals surface area contributed by atoms with E-state index in [9.17, 15) is 4.79 Å². The van der Waals surface area contributed by atoms with Crippen molar-refractivity contribution in [1.82, 2.24) is 0 Å². The van der Waals surface area contributed by atoms with Gasteiger partial charge in [-0.2, -0.15) is 0 Å². The van der Waals surface area contributed by atoms with E-state index >= 15 is 0 Å². The van der Waals surface area contributed by atoms with Crippen LogP contribution in [-0.2, 0) is 16.1 Å². The summed E-state index contributed by atoms with van der Waals surface area (Å²) in [6.07, 6.45) is -0.475. The van der Waals surface area contributed by atoms with Gasteiger partial charge < -0.3 is 15.6 Å². The first-order chi connectivity index (χ1) is 7.24. The molecule has 0 spiro atoms. The van der Waals surface area contributed by atoms with Crippen LogP contribution in [0.1, 0.15) is 12.0 Å². The molecule has 4 nitrogen and oxygen atoms in total. The Balaban J connectivity index is 2.43. The summed E-state index contributed by atoms with van der Waals surface area (Å²) >= 11 is 0. The molecule has 1 rings (SSSR count). The molecular weight excluding hydrogens is 194 g/mol. The Labute approximate surface area is 88.7 Å². The normalized spacial score (nSPS) is 12.3. The quantitative estimate of drug-likeness (QED) is 0.714. The van der Waals surface area contributed by atoms with Crippen molar-refractivity contribution in [2.75, 3.05) is 6.61 Å². The lowest BCUT2D eigenvalue weighted by molar-refractivity contribution is -0.131. The molecule has 0 aliphatic carbocycles. The second-order valence-corrected chi connectivity index (χ2v) is 3.20. The SMILES string of the molecule is NC(=O)C(CCO)OCc1ccccc1. The summed E-state index contributed by atoms with van der Waals surface area (Å²) in [4.78, 5) is 10.9. The minimum Gasteiger partial charge on any atom is -0.396 e. The minimum atomic E-state index is -0.713. The van der Waals surface area contributed by atoms with Crippen molar-refractivity contribution in [3.8, 4) is 0 Å². The van der Waals surface area contributed by atoms with E-state index in [1.165, 1.54) is 0 Å². The number of ether oxygens (including phenoxy) is 1. The van der Waals surface area contributed by atoms with E-state index in [0.717, 1.165) is 5.56 Å². The third-order valence-corrected chi connectivity index (χ3v) is 2.00. The van der Waals surface area contributed by atoms with Gasteiger partial charge in [-0.3, -0.25) is 4.79 Å². The molecule has 0 aromatic heterocycles. The molecule has 3 N–H and O–H groups in total. The van der Waals surface area contributed by atoms with Crippen molar-refractivity contribution >= 4 is 5.91 Å². The summed E-state index contributed by atoms with van der Waals surface area (Å²) in [5, 5.41) is 8.69. The molecule has 0 heterocycles. The maximum atomic E-state index is 10.9. The van der Waals surface area contributed by atoms with Gasteiger partial charge in [-0.25, -0.2) is 0 Å². The van der Waals surface area contributed by atoms with Gasteiger partial charge in [-0.05, 0) is 5.56 Å². The van der Waals surface area contributed by atoms with Crippen molar-refractivity contribution in [2.24, 2.45) is 5.73 Å². The number of hydrogen-bond acceptors (Lipinski definition) is 3. The van der Waals surface area contributed by atoms with Gasteiger partial charge in [0, 0.05) is 13.0 Å². The first-order valence-corrected chi connectivity index (χ1v) is 4.79. The molecule has 0 saturated carbocycles. The second-order valence-electron chi connectivity index (χ2n) is 3.20. The first-order valence-electron chi connectivity index (χ1n) is 4.79. The Morgan fingerprint density at radius 3 is 2.60 bits per heavy atom. The number of benzene rings is 1. The Morgan fingerprint density at radius 2 is 2.07 bits per heavy atom. The number of aliphatic hydroxyl groups is 1. The molecule has 0 aliphatic heterocycles. The van der Waals surface area contributed by atoms with Gasteiger partial charge in [-0.15, -0.1) is 0 Å². The van der Waals surface area contributed by atoms with Crippen molar-refractivity contribution in [1.29, 1.82) is 0 Å². The van der Waals surface area contributed by atoms with E-state index in [1.54, 1.807) is 0 Å². The molecule has 0 saturated heterocycles. The van der Waals surface area contributed by atoms with Gasteiger partial charge in [0.1, 0.15) is 6.10 Å². The maximum absolute atomic E-state index is 10.9. The van der Waals surface area contributed by atoms with Gasteiger partial charge in [0.2, 0.25) is 5.91 Å². The zero-order valence-corrected chi connectivity index (χ0v) is 8.43. The topological polar surface area (TPSA) is 72.6 Å². The summed E-state index contributed by atoms with van der Waals surface area (Å²) in [5.41, 5.74) is 6.09. The van der Waals surface area contributed by atoms with Crippen LogP contribution >= 0.6 is 0 Å². The highest BCUT2D eigenvalue weighted by molar-refractivity contribution is 5.78. The summed E-state index contributed by atoms with van der Waals surface area (Å²) < 4.78 is 5.30. The highest BCUT2D eigenvalue weighted by atomic mass is 16.5. The number of amides is 1. The summed E-state index contributed by atoms with van der Waals surface area (Å²) in [6.45, 7) is 0.219. The molecule has 0 radical (unpaired) electrons. The van der Waals surface area contributed by atoms with Crippen molar-refractivity contribution in [2.45, 2.75) is 19.1 Å². The van der Waals surface area contributed by atoms with Crippen LogP contribution in [0.2, 0.25) is 0 Å². The molecule has 15 heavy (non-hydrogen) atoms. The summed E-state index contributed by atoms with van der Waals surface area (Å²) in [5.74, 6) is -0.542. The van der Waals surface area contributed by atoms with Gasteiger partial charge in [-0.1, -0.05) is 30.3 Å². The zero-order chi connectivity index (χ0) is 11.1. The molecule has 0 fully saturated rings. The molecule has 1 amide bonds.